The molecule has 26 heavy (non-hydrogen) atoms. The van der Waals surface area contributed by atoms with Crippen molar-refractivity contribution in [3.63, 3.8) is 0 Å². The quantitative estimate of drug-likeness (QED) is 0.749. The molecule has 3 aliphatic rings. The molecule has 2 saturated heterocycles. The van der Waals surface area contributed by atoms with Gasteiger partial charge in [0.05, 0.1) is 12.7 Å². The molecule has 0 radical (unpaired) electrons. The highest BCUT2D eigenvalue weighted by Crippen LogP contribution is 2.41. The van der Waals surface area contributed by atoms with E-state index in [1.165, 1.54) is 37.7 Å². The van der Waals surface area contributed by atoms with E-state index in [4.69, 9.17) is 9.47 Å². The second-order valence-corrected chi connectivity index (χ2v) is 8.62. The van der Waals surface area contributed by atoms with E-state index in [1.807, 2.05) is 12.1 Å². The Labute approximate surface area is 156 Å². The molecule has 0 spiro atoms. The zero-order valence-electron chi connectivity index (χ0n) is 15.8. The third kappa shape index (κ3) is 4.29. The molecule has 3 fully saturated rings. The number of ether oxygens (including phenoxy) is 2. The predicted molar refractivity (Wildman–Crippen MR) is 100 cm³/mol. The number of piperidine rings is 1. The van der Waals surface area contributed by atoms with Crippen LogP contribution < -0.4 is 0 Å². The van der Waals surface area contributed by atoms with E-state index < -0.39 is 0 Å². The second kappa shape index (κ2) is 8.37. The van der Waals surface area contributed by atoms with Crippen LogP contribution in [0.4, 0.5) is 4.39 Å². The number of rotatable bonds is 6. The van der Waals surface area contributed by atoms with Gasteiger partial charge in [-0.2, -0.15) is 0 Å². The molecule has 1 aliphatic carbocycles. The molecular formula is C22H32FNO2. The number of hydrogen-bond acceptors (Lipinski definition) is 3. The summed E-state index contributed by atoms with van der Waals surface area (Å²) in [6, 6.07) is 6.93. The van der Waals surface area contributed by atoms with Gasteiger partial charge in [-0.3, -0.25) is 4.90 Å². The Hall–Kier alpha value is -0.970. The third-order valence-corrected chi connectivity index (χ3v) is 6.60. The molecule has 0 N–H and O–H groups in total. The largest absolute Gasteiger partial charge is 0.380 e. The van der Waals surface area contributed by atoms with Crippen LogP contribution in [0.15, 0.2) is 24.3 Å². The molecule has 2 heterocycles. The third-order valence-electron chi connectivity index (χ3n) is 6.60. The summed E-state index contributed by atoms with van der Waals surface area (Å²) in [5.74, 6) is 0.609. The van der Waals surface area contributed by atoms with Crippen molar-refractivity contribution >= 4 is 0 Å². The Morgan fingerprint density at radius 1 is 1.12 bits per heavy atom. The SMILES string of the molecule is Fc1ccc(CN2CC[C@@H]3OCCC[C@]3(COCC3CCCC3)C2)cc1. The van der Waals surface area contributed by atoms with Gasteiger partial charge in [-0.05, 0) is 55.7 Å². The van der Waals surface area contributed by atoms with Crippen LogP contribution in [0.1, 0.15) is 50.5 Å². The Bertz CT molecular complexity index is 572. The van der Waals surface area contributed by atoms with Gasteiger partial charge in [0.2, 0.25) is 0 Å². The van der Waals surface area contributed by atoms with E-state index in [0.29, 0.717) is 6.10 Å². The minimum atomic E-state index is -0.162. The molecule has 0 unspecified atom stereocenters. The topological polar surface area (TPSA) is 21.7 Å². The Morgan fingerprint density at radius 3 is 2.73 bits per heavy atom. The molecule has 3 nitrogen and oxygen atoms in total. The van der Waals surface area contributed by atoms with Gasteiger partial charge in [0.15, 0.2) is 0 Å². The fraction of sp³-hybridized carbons (Fsp3) is 0.727. The van der Waals surface area contributed by atoms with E-state index >= 15 is 0 Å². The number of likely N-dealkylation sites (tertiary alicyclic amines) is 1. The van der Waals surface area contributed by atoms with Gasteiger partial charge in [0.25, 0.3) is 0 Å². The van der Waals surface area contributed by atoms with Crippen molar-refractivity contribution < 1.29 is 13.9 Å². The van der Waals surface area contributed by atoms with Crippen LogP contribution in [0, 0.1) is 17.2 Å². The average molecular weight is 362 g/mol. The van der Waals surface area contributed by atoms with Crippen molar-refractivity contribution in [2.24, 2.45) is 11.3 Å². The monoisotopic (exact) mass is 361 g/mol. The van der Waals surface area contributed by atoms with E-state index in [1.54, 1.807) is 12.1 Å². The molecule has 0 aromatic heterocycles. The molecule has 0 amide bonds. The van der Waals surface area contributed by atoms with Crippen LogP contribution in [-0.4, -0.2) is 43.9 Å². The second-order valence-electron chi connectivity index (χ2n) is 8.62. The number of benzene rings is 1. The first-order valence-electron chi connectivity index (χ1n) is 10.4. The smallest absolute Gasteiger partial charge is 0.123 e. The summed E-state index contributed by atoms with van der Waals surface area (Å²) < 4.78 is 25.6. The van der Waals surface area contributed by atoms with Crippen LogP contribution in [-0.2, 0) is 16.0 Å². The lowest BCUT2D eigenvalue weighted by molar-refractivity contribution is -0.155. The van der Waals surface area contributed by atoms with E-state index in [0.717, 1.165) is 58.2 Å². The van der Waals surface area contributed by atoms with Gasteiger partial charge in [-0.25, -0.2) is 4.39 Å². The van der Waals surface area contributed by atoms with Crippen molar-refractivity contribution in [3.05, 3.63) is 35.6 Å². The maximum Gasteiger partial charge on any atom is 0.123 e. The van der Waals surface area contributed by atoms with Gasteiger partial charge in [0.1, 0.15) is 5.82 Å². The summed E-state index contributed by atoms with van der Waals surface area (Å²) in [6.07, 6.45) is 9.16. The van der Waals surface area contributed by atoms with Crippen LogP contribution >= 0.6 is 0 Å². The fourth-order valence-corrected chi connectivity index (χ4v) is 5.18. The standard InChI is InChI=1S/C22H32FNO2/c23-20-8-6-18(7-9-20)14-24-12-10-21-22(16-24,11-3-13-26-21)17-25-15-19-4-1-2-5-19/h6-9,19,21H,1-5,10-17H2/t21-,22+/m0/s1. The van der Waals surface area contributed by atoms with Crippen molar-refractivity contribution in [3.8, 4) is 0 Å². The first kappa shape index (κ1) is 18.4. The Morgan fingerprint density at radius 2 is 1.92 bits per heavy atom. The summed E-state index contributed by atoms with van der Waals surface area (Å²) in [5.41, 5.74) is 1.32. The zero-order chi connectivity index (χ0) is 17.8. The minimum Gasteiger partial charge on any atom is -0.380 e. The van der Waals surface area contributed by atoms with Crippen molar-refractivity contribution in [2.45, 2.75) is 57.6 Å². The summed E-state index contributed by atoms with van der Waals surface area (Å²) in [6.45, 7) is 5.61. The van der Waals surface area contributed by atoms with Gasteiger partial charge in [-0.1, -0.05) is 25.0 Å². The molecule has 2 aliphatic heterocycles. The lowest BCUT2D eigenvalue weighted by Gasteiger charge is -2.50. The number of fused-ring (bicyclic) bond motifs is 1. The van der Waals surface area contributed by atoms with Gasteiger partial charge < -0.3 is 9.47 Å². The average Bonchev–Trinajstić information content (AvgIpc) is 3.17. The highest BCUT2D eigenvalue weighted by molar-refractivity contribution is 5.16. The van der Waals surface area contributed by atoms with Crippen molar-refractivity contribution in [1.82, 2.24) is 4.90 Å². The fourth-order valence-electron chi connectivity index (χ4n) is 5.18. The summed E-state index contributed by atoms with van der Waals surface area (Å²) in [7, 11) is 0. The van der Waals surface area contributed by atoms with Crippen LogP contribution in [0.5, 0.6) is 0 Å². The zero-order valence-corrected chi connectivity index (χ0v) is 15.8. The van der Waals surface area contributed by atoms with Crippen LogP contribution in [0.3, 0.4) is 0 Å². The first-order chi connectivity index (χ1) is 12.7. The highest BCUT2D eigenvalue weighted by Gasteiger charge is 2.46. The number of hydrogen-bond donors (Lipinski definition) is 0. The molecule has 4 rings (SSSR count). The van der Waals surface area contributed by atoms with Gasteiger partial charge >= 0.3 is 0 Å². The van der Waals surface area contributed by atoms with Crippen molar-refractivity contribution in [2.75, 3.05) is 32.9 Å². The molecule has 1 saturated carbocycles. The van der Waals surface area contributed by atoms with E-state index in [2.05, 4.69) is 4.90 Å². The number of halogens is 1. The maximum absolute atomic E-state index is 13.2. The molecule has 2 atom stereocenters. The molecule has 1 aromatic rings. The minimum absolute atomic E-state index is 0.134. The van der Waals surface area contributed by atoms with Gasteiger partial charge in [0, 0.05) is 38.3 Å². The molecule has 1 aromatic carbocycles. The maximum atomic E-state index is 13.2. The summed E-state index contributed by atoms with van der Waals surface area (Å²) >= 11 is 0. The first-order valence-corrected chi connectivity index (χ1v) is 10.4. The lowest BCUT2D eigenvalue weighted by atomic mass is 9.73. The Balaban J connectivity index is 1.38. The Kier molecular flexibility index (Phi) is 5.92. The van der Waals surface area contributed by atoms with E-state index in [-0.39, 0.29) is 11.2 Å². The van der Waals surface area contributed by atoms with Crippen molar-refractivity contribution in [1.29, 1.82) is 0 Å². The van der Waals surface area contributed by atoms with Gasteiger partial charge in [-0.15, -0.1) is 0 Å². The predicted octanol–water partition coefficient (Wildman–Crippen LogP) is 4.40. The molecule has 144 valence electrons. The van der Waals surface area contributed by atoms with Crippen LogP contribution in [0.25, 0.3) is 0 Å². The lowest BCUT2D eigenvalue weighted by Crippen LogP contribution is -2.56. The van der Waals surface area contributed by atoms with E-state index in [9.17, 15) is 4.39 Å². The molecule has 0 bridgehead atoms. The normalized spacial score (nSPS) is 30.4. The summed E-state index contributed by atoms with van der Waals surface area (Å²) in [4.78, 5) is 2.51. The molecular weight excluding hydrogens is 329 g/mol. The number of nitrogens with zero attached hydrogens (tertiary/aromatic N) is 1. The highest BCUT2D eigenvalue weighted by atomic mass is 19.1. The summed E-state index contributed by atoms with van der Waals surface area (Å²) in [5, 5.41) is 0. The van der Waals surface area contributed by atoms with Crippen LogP contribution in [0.2, 0.25) is 0 Å². The molecule has 4 heteroatoms.